The first kappa shape index (κ1) is 18.7. The molecule has 1 heterocycles. The van der Waals surface area contributed by atoms with E-state index in [1.165, 1.54) is 0 Å². The van der Waals surface area contributed by atoms with Crippen LogP contribution in [0.2, 0.25) is 0 Å². The minimum atomic E-state index is -0.0756. The Bertz CT molecular complexity index is 355. The number of nitrogens with zero attached hydrogens (tertiary/aromatic N) is 1. The van der Waals surface area contributed by atoms with E-state index in [-0.39, 0.29) is 24.5 Å². The molecule has 0 bridgehead atoms. The molecule has 7 heteroatoms. The predicted molar refractivity (Wildman–Crippen MR) is 86.9 cm³/mol. The van der Waals surface area contributed by atoms with Crippen molar-refractivity contribution >= 4 is 11.9 Å². The third-order valence-electron chi connectivity index (χ3n) is 3.76. The molecule has 0 saturated carbocycles. The number of aliphatic hydroxyl groups is 1. The van der Waals surface area contributed by atoms with Gasteiger partial charge in [-0.05, 0) is 26.2 Å². The third-order valence-corrected chi connectivity index (χ3v) is 3.76. The molecule has 7 nitrogen and oxygen atoms in total. The van der Waals surface area contributed by atoms with Crippen LogP contribution in [0.3, 0.4) is 0 Å². The molecule has 1 rings (SSSR count). The number of amides is 1. The highest BCUT2D eigenvalue weighted by Gasteiger charge is 2.34. The van der Waals surface area contributed by atoms with E-state index in [1.54, 1.807) is 0 Å². The van der Waals surface area contributed by atoms with E-state index in [1.807, 2.05) is 13.8 Å². The number of nitrogens with one attached hydrogen (secondary N) is 3. The molecule has 0 radical (unpaired) electrons. The highest BCUT2D eigenvalue weighted by atomic mass is 16.5. The monoisotopic (exact) mass is 314 g/mol. The second-order valence-corrected chi connectivity index (χ2v) is 5.67. The molecular formula is C15H30N4O3. The van der Waals surface area contributed by atoms with Gasteiger partial charge in [-0.3, -0.25) is 4.79 Å². The van der Waals surface area contributed by atoms with Crippen molar-refractivity contribution in [3.63, 3.8) is 0 Å². The average Bonchev–Trinajstić information content (AvgIpc) is 2.97. The molecule has 1 amide bonds. The maximum absolute atomic E-state index is 11.6. The van der Waals surface area contributed by atoms with E-state index in [2.05, 4.69) is 20.9 Å². The molecule has 1 atom stereocenters. The van der Waals surface area contributed by atoms with E-state index in [0.29, 0.717) is 32.1 Å². The molecule has 4 N–H and O–H groups in total. The van der Waals surface area contributed by atoms with E-state index in [9.17, 15) is 9.90 Å². The zero-order valence-corrected chi connectivity index (χ0v) is 13.8. The number of guanidine groups is 1. The van der Waals surface area contributed by atoms with Crippen LogP contribution in [0.1, 0.15) is 33.1 Å². The number of ether oxygens (including phenoxy) is 1. The fourth-order valence-corrected chi connectivity index (χ4v) is 2.40. The molecular weight excluding hydrogens is 284 g/mol. The van der Waals surface area contributed by atoms with Crippen LogP contribution in [0.4, 0.5) is 0 Å². The quantitative estimate of drug-likeness (QED) is 0.351. The van der Waals surface area contributed by atoms with Crippen molar-refractivity contribution in [2.75, 3.05) is 46.0 Å². The fourth-order valence-electron chi connectivity index (χ4n) is 2.40. The average molecular weight is 314 g/mol. The Morgan fingerprint density at radius 3 is 2.73 bits per heavy atom. The maximum Gasteiger partial charge on any atom is 0.241 e. The Balaban J connectivity index is 2.50. The van der Waals surface area contributed by atoms with Crippen LogP contribution in [-0.4, -0.2) is 63.0 Å². The predicted octanol–water partition coefficient (Wildman–Crippen LogP) is -0.143. The maximum atomic E-state index is 11.6. The normalized spacial score (nSPS) is 21.7. The summed E-state index contributed by atoms with van der Waals surface area (Å²) >= 11 is 0. The largest absolute Gasteiger partial charge is 0.396 e. The van der Waals surface area contributed by atoms with Crippen molar-refractivity contribution in [2.45, 2.75) is 33.1 Å². The van der Waals surface area contributed by atoms with Gasteiger partial charge < -0.3 is 25.8 Å². The van der Waals surface area contributed by atoms with Crippen molar-refractivity contribution in [3.05, 3.63) is 0 Å². The van der Waals surface area contributed by atoms with Crippen molar-refractivity contribution < 1.29 is 14.6 Å². The molecule has 0 aromatic carbocycles. The number of hydrogen-bond donors (Lipinski definition) is 4. The molecule has 0 aromatic heterocycles. The van der Waals surface area contributed by atoms with Crippen LogP contribution in [0.25, 0.3) is 0 Å². The SMILES string of the molecule is CCCNC(=O)CN=C(NCC)NCC1(CCO)CCOC1. The summed E-state index contributed by atoms with van der Waals surface area (Å²) in [5.41, 5.74) is -0.0462. The number of aliphatic hydroxyl groups excluding tert-OH is 1. The number of aliphatic imine (C=N–C) groups is 1. The van der Waals surface area contributed by atoms with Gasteiger partial charge in [-0.2, -0.15) is 0 Å². The van der Waals surface area contributed by atoms with Crippen LogP contribution < -0.4 is 16.0 Å². The van der Waals surface area contributed by atoms with Crippen molar-refractivity contribution in [2.24, 2.45) is 10.4 Å². The minimum absolute atomic E-state index is 0.0462. The summed E-state index contributed by atoms with van der Waals surface area (Å²) in [6, 6.07) is 0. The molecule has 128 valence electrons. The minimum Gasteiger partial charge on any atom is -0.396 e. The fraction of sp³-hybridized carbons (Fsp3) is 0.867. The number of carbonyl (C=O) groups is 1. The Kier molecular flexibility index (Phi) is 8.84. The van der Waals surface area contributed by atoms with Crippen molar-refractivity contribution in [3.8, 4) is 0 Å². The first-order valence-electron chi connectivity index (χ1n) is 8.13. The summed E-state index contributed by atoms with van der Waals surface area (Å²) in [6.07, 6.45) is 2.55. The van der Waals surface area contributed by atoms with Gasteiger partial charge in [-0.1, -0.05) is 6.92 Å². The number of carbonyl (C=O) groups excluding carboxylic acids is 1. The zero-order chi connectivity index (χ0) is 16.3. The molecule has 0 aliphatic carbocycles. The lowest BCUT2D eigenvalue weighted by Crippen LogP contribution is -2.45. The standard InChI is InChI=1S/C15H30N4O3/c1-3-7-17-13(21)10-18-14(16-4-2)19-11-15(5-8-20)6-9-22-12-15/h20H,3-12H2,1-2H3,(H,17,21)(H2,16,18,19). The Morgan fingerprint density at radius 2 is 2.14 bits per heavy atom. The van der Waals surface area contributed by atoms with Crippen LogP contribution in [0, 0.1) is 5.41 Å². The van der Waals surface area contributed by atoms with Crippen LogP contribution in [-0.2, 0) is 9.53 Å². The molecule has 1 aliphatic heterocycles. The van der Waals surface area contributed by atoms with E-state index in [4.69, 9.17) is 4.74 Å². The summed E-state index contributed by atoms with van der Waals surface area (Å²) in [5, 5.41) is 18.4. The van der Waals surface area contributed by atoms with E-state index < -0.39 is 0 Å². The Morgan fingerprint density at radius 1 is 1.32 bits per heavy atom. The topological polar surface area (TPSA) is 95.0 Å². The molecule has 1 unspecified atom stereocenters. The van der Waals surface area contributed by atoms with Gasteiger partial charge in [0.2, 0.25) is 5.91 Å². The van der Waals surface area contributed by atoms with Crippen molar-refractivity contribution in [1.29, 1.82) is 0 Å². The Labute approximate surface area is 132 Å². The van der Waals surface area contributed by atoms with Gasteiger partial charge in [0.05, 0.1) is 6.61 Å². The number of hydrogen-bond acceptors (Lipinski definition) is 4. The summed E-state index contributed by atoms with van der Waals surface area (Å²) in [5.74, 6) is 0.548. The van der Waals surface area contributed by atoms with E-state index in [0.717, 1.165) is 26.0 Å². The lowest BCUT2D eigenvalue weighted by molar-refractivity contribution is -0.119. The van der Waals surface area contributed by atoms with Crippen LogP contribution >= 0.6 is 0 Å². The van der Waals surface area contributed by atoms with Crippen LogP contribution in [0.5, 0.6) is 0 Å². The second-order valence-electron chi connectivity index (χ2n) is 5.67. The van der Waals surface area contributed by atoms with Gasteiger partial charge in [0.25, 0.3) is 0 Å². The summed E-state index contributed by atoms with van der Waals surface area (Å²) in [6.45, 7) is 7.72. The highest BCUT2D eigenvalue weighted by molar-refractivity contribution is 5.84. The van der Waals surface area contributed by atoms with Gasteiger partial charge in [-0.15, -0.1) is 0 Å². The summed E-state index contributed by atoms with van der Waals surface area (Å²) in [7, 11) is 0. The lowest BCUT2D eigenvalue weighted by Gasteiger charge is -2.27. The molecule has 0 aromatic rings. The van der Waals surface area contributed by atoms with E-state index >= 15 is 0 Å². The zero-order valence-electron chi connectivity index (χ0n) is 13.8. The second kappa shape index (κ2) is 10.4. The third kappa shape index (κ3) is 6.62. The lowest BCUT2D eigenvalue weighted by atomic mass is 9.84. The molecule has 1 saturated heterocycles. The summed E-state index contributed by atoms with van der Waals surface area (Å²) in [4.78, 5) is 15.9. The van der Waals surface area contributed by atoms with Crippen molar-refractivity contribution in [1.82, 2.24) is 16.0 Å². The molecule has 22 heavy (non-hydrogen) atoms. The van der Waals surface area contributed by atoms with Gasteiger partial charge >= 0.3 is 0 Å². The van der Waals surface area contributed by atoms with Gasteiger partial charge in [-0.25, -0.2) is 4.99 Å². The van der Waals surface area contributed by atoms with Gasteiger partial charge in [0.1, 0.15) is 6.54 Å². The highest BCUT2D eigenvalue weighted by Crippen LogP contribution is 2.31. The molecule has 0 spiro atoms. The Hall–Kier alpha value is -1.34. The van der Waals surface area contributed by atoms with Gasteiger partial charge in [0, 0.05) is 38.3 Å². The first-order chi connectivity index (χ1) is 10.7. The summed E-state index contributed by atoms with van der Waals surface area (Å²) < 4.78 is 5.47. The van der Waals surface area contributed by atoms with Crippen LogP contribution in [0.15, 0.2) is 4.99 Å². The number of rotatable bonds is 9. The first-order valence-corrected chi connectivity index (χ1v) is 8.13. The molecule has 1 fully saturated rings. The smallest absolute Gasteiger partial charge is 0.241 e. The molecule has 1 aliphatic rings. The van der Waals surface area contributed by atoms with Gasteiger partial charge in [0.15, 0.2) is 5.96 Å².